The molecule has 0 aromatic heterocycles. The van der Waals surface area contributed by atoms with Crippen LogP contribution in [0, 0.1) is 34.5 Å². The van der Waals surface area contributed by atoms with Gasteiger partial charge in [-0.1, -0.05) is 13.8 Å². The number of carbonyl (C=O) groups excluding carboxylic acids is 1. The number of rotatable bonds is 7. The van der Waals surface area contributed by atoms with Crippen LogP contribution < -0.4 is 0 Å². The summed E-state index contributed by atoms with van der Waals surface area (Å²) in [7, 11) is 0. The topological polar surface area (TPSA) is 183 Å². The van der Waals surface area contributed by atoms with Crippen molar-refractivity contribution in [3.63, 3.8) is 0 Å². The van der Waals surface area contributed by atoms with Crippen LogP contribution in [0.5, 0.6) is 0 Å². The second-order valence-corrected chi connectivity index (χ2v) is 18.7. The van der Waals surface area contributed by atoms with Crippen LogP contribution in [0.4, 0.5) is 0 Å². The lowest BCUT2D eigenvalue weighted by Crippen LogP contribution is -2.62. The molecule has 306 valence electrons. The van der Waals surface area contributed by atoms with Gasteiger partial charge in [0.15, 0.2) is 18.9 Å². The van der Waals surface area contributed by atoms with Crippen LogP contribution in [0.2, 0.25) is 0 Å². The molecule has 0 aromatic carbocycles. The smallest absolute Gasteiger partial charge is 0.331 e. The molecule has 4 heterocycles. The lowest BCUT2D eigenvalue weighted by molar-refractivity contribution is -0.336. The first kappa shape index (κ1) is 39.6. The highest BCUT2D eigenvalue weighted by atomic mass is 16.7. The van der Waals surface area contributed by atoms with Gasteiger partial charge in [0.05, 0.1) is 48.3 Å². The van der Waals surface area contributed by atoms with Crippen molar-refractivity contribution in [3.05, 3.63) is 11.6 Å². The number of ether oxygens (including phenoxy) is 7. The molecule has 54 heavy (non-hydrogen) atoms. The van der Waals surface area contributed by atoms with Gasteiger partial charge in [-0.15, -0.1) is 0 Å². The quantitative estimate of drug-likeness (QED) is 0.188. The molecule has 0 spiro atoms. The SMILES string of the molecule is C[C@@H]1O[C@H](O[C@@H]2[C@H](O)C[C@H](O[C@@H]3[C@H](O)C[C@H](O[C@@H]4CC[C@]5(C)[C@H](CC[C@@H]6[C@@H]5CC[C@]5(C)[C@H](C7=CC(=O)OC7)CC[C@@]65O)C4)O[C@@H]3C)O[C@@H]2C)C[C@@H](O)[C@H]1O. The molecular formula is C41H64O13. The summed E-state index contributed by atoms with van der Waals surface area (Å²) >= 11 is 0. The molecule has 5 N–H and O–H groups in total. The fraction of sp³-hybridized carbons (Fsp3) is 0.927. The lowest BCUT2D eigenvalue weighted by atomic mass is 9.43. The maximum atomic E-state index is 12.6. The molecule has 4 aliphatic heterocycles. The van der Waals surface area contributed by atoms with Gasteiger partial charge in [-0.05, 0) is 113 Å². The number of aliphatic hydroxyl groups excluding tert-OH is 4. The Labute approximate surface area is 319 Å². The summed E-state index contributed by atoms with van der Waals surface area (Å²) in [6.45, 7) is 10.4. The van der Waals surface area contributed by atoms with Gasteiger partial charge in [0.25, 0.3) is 0 Å². The van der Waals surface area contributed by atoms with Crippen LogP contribution >= 0.6 is 0 Å². The monoisotopic (exact) mass is 764 g/mol. The number of hydrogen-bond acceptors (Lipinski definition) is 13. The van der Waals surface area contributed by atoms with Gasteiger partial charge in [0.2, 0.25) is 0 Å². The van der Waals surface area contributed by atoms with E-state index < -0.39 is 79.4 Å². The second-order valence-electron chi connectivity index (χ2n) is 18.7. The average molecular weight is 765 g/mol. The number of fused-ring (bicyclic) bond motifs is 5. The second kappa shape index (κ2) is 14.9. The summed E-state index contributed by atoms with van der Waals surface area (Å²) < 4.78 is 42.2. The Hall–Kier alpha value is -1.23. The number of esters is 1. The van der Waals surface area contributed by atoms with Crippen molar-refractivity contribution in [1.82, 2.24) is 0 Å². The molecule has 13 heteroatoms. The third-order valence-corrected chi connectivity index (χ3v) is 15.9. The molecule has 20 atom stereocenters. The minimum Gasteiger partial charge on any atom is -0.458 e. The van der Waals surface area contributed by atoms with E-state index in [9.17, 15) is 30.3 Å². The predicted molar refractivity (Wildman–Crippen MR) is 191 cm³/mol. The number of aliphatic hydroxyl groups is 5. The molecule has 0 aromatic rings. The summed E-state index contributed by atoms with van der Waals surface area (Å²) in [6.07, 6.45) is 1.90. The third kappa shape index (κ3) is 6.82. The summed E-state index contributed by atoms with van der Waals surface area (Å²) in [4.78, 5) is 11.9. The van der Waals surface area contributed by atoms with E-state index in [0.29, 0.717) is 18.4 Å². The van der Waals surface area contributed by atoms with E-state index in [0.717, 1.165) is 63.4 Å². The predicted octanol–water partition coefficient (Wildman–Crippen LogP) is 3.25. The molecular weight excluding hydrogens is 700 g/mol. The van der Waals surface area contributed by atoms with Crippen molar-refractivity contribution in [2.75, 3.05) is 6.61 Å². The first-order valence-corrected chi connectivity index (χ1v) is 20.8. The summed E-state index contributed by atoms with van der Waals surface area (Å²) in [5.41, 5.74) is 0.215. The third-order valence-electron chi connectivity index (χ3n) is 15.9. The molecule has 0 amide bonds. The van der Waals surface area contributed by atoms with Gasteiger partial charge in [0, 0.05) is 30.8 Å². The Kier molecular flexibility index (Phi) is 10.9. The first-order valence-electron chi connectivity index (χ1n) is 20.8. The van der Waals surface area contributed by atoms with Gasteiger partial charge in [-0.3, -0.25) is 0 Å². The highest BCUT2D eigenvalue weighted by Gasteiger charge is 2.68. The Morgan fingerprint density at radius 3 is 1.89 bits per heavy atom. The molecule has 0 bridgehead atoms. The molecule has 0 radical (unpaired) electrons. The standard InChI is InChI=1S/C41H64O13/c1-20-36(46)29(42)16-34(49-20)53-38-22(3)51-35(18-31(38)44)54-37-21(2)50-33(17-30(37)43)52-25-8-11-39(4)24(15-25)6-7-28-27(39)9-12-40(5)26(10-13-41(28,40)47)23-14-32(45)48-19-23/h14,20-22,24-31,33-38,42-44,46-47H,6-13,15-19H2,1-5H3/t20-,21+,22+,24+,25+,26-,27-,28+,29+,30+,31+,33-,34+,35-,36-,37-,38-,39+,40+,41+/m0/s1. The van der Waals surface area contributed by atoms with Crippen molar-refractivity contribution >= 4 is 5.97 Å². The van der Waals surface area contributed by atoms with Crippen LogP contribution in [-0.2, 0) is 38.0 Å². The van der Waals surface area contributed by atoms with E-state index in [2.05, 4.69) is 13.8 Å². The van der Waals surface area contributed by atoms with Crippen molar-refractivity contribution < 1.29 is 63.5 Å². The molecule has 4 aliphatic carbocycles. The van der Waals surface area contributed by atoms with Crippen molar-refractivity contribution in [2.45, 2.75) is 197 Å². The lowest BCUT2D eigenvalue weighted by Gasteiger charge is -2.64. The van der Waals surface area contributed by atoms with E-state index >= 15 is 0 Å². The number of hydrogen-bond donors (Lipinski definition) is 5. The fourth-order valence-corrected chi connectivity index (χ4v) is 12.8. The normalized spacial score (nSPS) is 55.0. The zero-order valence-electron chi connectivity index (χ0n) is 32.6. The van der Waals surface area contributed by atoms with E-state index in [1.54, 1.807) is 19.9 Å². The Bertz CT molecular complexity index is 1370. The molecule has 8 rings (SSSR count). The summed E-state index contributed by atoms with van der Waals surface area (Å²) in [6, 6.07) is 0. The van der Waals surface area contributed by atoms with Gasteiger partial charge in [0.1, 0.15) is 24.9 Å². The maximum Gasteiger partial charge on any atom is 0.331 e. The molecule has 4 saturated carbocycles. The highest BCUT2D eigenvalue weighted by Crippen LogP contribution is 2.70. The van der Waals surface area contributed by atoms with E-state index in [-0.39, 0.29) is 54.0 Å². The van der Waals surface area contributed by atoms with Gasteiger partial charge in [-0.25, -0.2) is 4.79 Å². The molecule has 13 nitrogen and oxygen atoms in total. The molecule has 0 unspecified atom stereocenters. The van der Waals surface area contributed by atoms with E-state index in [1.807, 2.05) is 6.92 Å². The van der Waals surface area contributed by atoms with E-state index in [1.165, 1.54) is 0 Å². The zero-order valence-corrected chi connectivity index (χ0v) is 32.6. The van der Waals surface area contributed by atoms with Gasteiger partial charge >= 0.3 is 5.97 Å². The minimum absolute atomic E-state index is 0.0243. The minimum atomic E-state index is -0.996. The first-order chi connectivity index (χ1) is 25.6. The Morgan fingerprint density at radius 2 is 1.30 bits per heavy atom. The highest BCUT2D eigenvalue weighted by molar-refractivity contribution is 5.85. The number of cyclic esters (lactones) is 1. The summed E-state index contributed by atoms with van der Waals surface area (Å²) in [5.74, 6) is 1.13. The van der Waals surface area contributed by atoms with Crippen LogP contribution in [0.1, 0.15) is 112 Å². The maximum absolute atomic E-state index is 12.6. The van der Waals surface area contributed by atoms with Crippen molar-refractivity contribution in [1.29, 1.82) is 0 Å². The van der Waals surface area contributed by atoms with E-state index in [4.69, 9.17) is 33.2 Å². The molecule has 7 fully saturated rings. The van der Waals surface area contributed by atoms with Crippen LogP contribution in [0.3, 0.4) is 0 Å². The Balaban J connectivity index is 0.826. The average Bonchev–Trinajstić information content (AvgIpc) is 3.66. The van der Waals surface area contributed by atoms with Crippen molar-refractivity contribution in [3.8, 4) is 0 Å². The largest absolute Gasteiger partial charge is 0.458 e. The van der Waals surface area contributed by atoms with Crippen LogP contribution in [-0.4, -0.2) is 124 Å². The van der Waals surface area contributed by atoms with Crippen LogP contribution in [0.15, 0.2) is 11.6 Å². The molecule has 8 aliphatic rings. The molecule has 3 saturated heterocycles. The van der Waals surface area contributed by atoms with Crippen LogP contribution in [0.25, 0.3) is 0 Å². The Morgan fingerprint density at radius 1 is 0.685 bits per heavy atom. The zero-order chi connectivity index (χ0) is 38.3. The van der Waals surface area contributed by atoms with Gasteiger partial charge < -0.3 is 58.7 Å². The van der Waals surface area contributed by atoms with Crippen molar-refractivity contribution in [2.24, 2.45) is 34.5 Å². The van der Waals surface area contributed by atoms with Gasteiger partial charge in [-0.2, -0.15) is 0 Å². The number of carbonyl (C=O) groups is 1. The fourth-order valence-electron chi connectivity index (χ4n) is 12.8. The summed E-state index contributed by atoms with van der Waals surface area (Å²) in [5, 5.41) is 55.0.